The highest BCUT2D eigenvalue weighted by Crippen LogP contribution is 2.06. The molecule has 0 atom stereocenters. The van der Waals surface area contributed by atoms with E-state index >= 15 is 0 Å². The van der Waals surface area contributed by atoms with Crippen molar-refractivity contribution in [2.45, 2.75) is 27.3 Å². The maximum atomic E-state index is 4.84. The summed E-state index contributed by atoms with van der Waals surface area (Å²) in [6.07, 6.45) is 1.59. The number of aromatic nitrogens is 1. The molecule has 0 aromatic carbocycles. The Morgan fingerprint density at radius 1 is 1.36 bits per heavy atom. The molecule has 0 bridgehead atoms. The molecule has 0 saturated carbocycles. The Morgan fingerprint density at radius 3 is 2.64 bits per heavy atom. The Labute approximate surface area is 150 Å². The summed E-state index contributed by atoms with van der Waals surface area (Å²) in [5.74, 6) is 1.70. The van der Waals surface area contributed by atoms with E-state index in [1.165, 1.54) is 6.54 Å². The Morgan fingerprint density at radius 2 is 2.09 bits per heavy atom. The normalized spacial score (nSPS) is 16.7. The minimum Gasteiger partial charge on any atom is -0.364 e. The van der Waals surface area contributed by atoms with Crippen LogP contribution in [-0.2, 0) is 6.54 Å². The lowest BCUT2D eigenvalue weighted by atomic mass is 10.2. The second-order valence-corrected chi connectivity index (χ2v) is 5.84. The summed E-state index contributed by atoms with van der Waals surface area (Å²) in [5.41, 5.74) is 0.865. The van der Waals surface area contributed by atoms with Crippen molar-refractivity contribution in [3.63, 3.8) is 0 Å². The smallest absolute Gasteiger partial charge is 0.194 e. The van der Waals surface area contributed by atoms with Crippen molar-refractivity contribution >= 4 is 29.9 Å². The van der Waals surface area contributed by atoms with Gasteiger partial charge in [-0.1, -0.05) is 19.0 Å². The van der Waals surface area contributed by atoms with Crippen molar-refractivity contribution in [2.24, 2.45) is 10.9 Å². The number of nitrogens with one attached hydrogen (secondary N) is 1. The van der Waals surface area contributed by atoms with Gasteiger partial charge in [0.15, 0.2) is 5.96 Å². The molecule has 0 aliphatic carbocycles. The topological polar surface area (TPSA) is 56.9 Å². The first-order chi connectivity index (χ1) is 10.2. The first-order valence-corrected chi connectivity index (χ1v) is 7.84. The molecule has 22 heavy (non-hydrogen) atoms. The standard InChI is InChI=1S/C15H27N5O.HI/c1-4-16-15(17-11-14-5-10-21-18-14)20-8-6-19(7-9-20)12-13(2)3;/h5,10,13H,4,6-9,11-12H2,1-3H3,(H,16,17);1H. The van der Waals surface area contributed by atoms with Crippen LogP contribution in [0.15, 0.2) is 21.8 Å². The lowest BCUT2D eigenvalue weighted by Crippen LogP contribution is -2.53. The molecule has 7 heteroatoms. The van der Waals surface area contributed by atoms with Crippen molar-refractivity contribution in [1.29, 1.82) is 0 Å². The maximum Gasteiger partial charge on any atom is 0.194 e. The third-order valence-corrected chi connectivity index (χ3v) is 3.51. The SMILES string of the molecule is CCNC(=NCc1ccon1)N1CCN(CC(C)C)CC1.I. The van der Waals surface area contributed by atoms with Gasteiger partial charge >= 0.3 is 0 Å². The van der Waals surface area contributed by atoms with Gasteiger partial charge in [-0.15, -0.1) is 24.0 Å². The molecule has 1 fully saturated rings. The van der Waals surface area contributed by atoms with E-state index in [0.29, 0.717) is 6.54 Å². The molecule has 1 N–H and O–H groups in total. The van der Waals surface area contributed by atoms with E-state index < -0.39 is 0 Å². The van der Waals surface area contributed by atoms with Crippen LogP contribution in [0.4, 0.5) is 0 Å². The summed E-state index contributed by atoms with van der Waals surface area (Å²) in [7, 11) is 0. The third-order valence-electron chi connectivity index (χ3n) is 3.51. The number of aliphatic imine (C=N–C) groups is 1. The van der Waals surface area contributed by atoms with E-state index in [1.54, 1.807) is 6.26 Å². The Hall–Kier alpha value is -0.830. The number of guanidine groups is 1. The van der Waals surface area contributed by atoms with Gasteiger partial charge in [0.25, 0.3) is 0 Å². The van der Waals surface area contributed by atoms with E-state index in [2.05, 4.69) is 46.0 Å². The van der Waals surface area contributed by atoms with Gasteiger partial charge in [0.05, 0.1) is 6.54 Å². The van der Waals surface area contributed by atoms with E-state index in [-0.39, 0.29) is 24.0 Å². The van der Waals surface area contributed by atoms with Gasteiger partial charge in [-0.2, -0.15) is 0 Å². The summed E-state index contributed by atoms with van der Waals surface area (Å²) < 4.78 is 4.84. The summed E-state index contributed by atoms with van der Waals surface area (Å²) in [6.45, 7) is 13.5. The van der Waals surface area contributed by atoms with E-state index in [1.807, 2.05) is 6.07 Å². The molecule has 2 heterocycles. The molecule has 126 valence electrons. The van der Waals surface area contributed by atoms with Gasteiger partial charge in [0, 0.05) is 45.3 Å². The number of halogens is 1. The average Bonchev–Trinajstić information content (AvgIpc) is 2.97. The minimum absolute atomic E-state index is 0. The van der Waals surface area contributed by atoms with E-state index in [4.69, 9.17) is 4.52 Å². The fourth-order valence-electron chi connectivity index (χ4n) is 2.56. The Balaban J connectivity index is 0.00000242. The van der Waals surface area contributed by atoms with Gasteiger partial charge in [-0.3, -0.25) is 4.90 Å². The average molecular weight is 421 g/mol. The quantitative estimate of drug-likeness (QED) is 0.448. The van der Waals surface area contributed by atoms with Gasteiger partial charge < -0.3 is 14.7 Å². The highest BCUT2D eigenvalue weighted by molar-refractivity contribution is 14.0. The predicted octanol–water partition coefficient (Wildman–Crippen LogP) is 2.03. The van der Waals surface area contributed by atoms with Crippen molar-refractivity contribution in [3.05, 3.63) is 18.0 Å². The molecule has 2 rings (SSSR count). The van der Waals surface area contributed by atoms with Crippen molar-refractivity contribution in [2.75, 3.05) is 39.3 Å². The van der Waals surface area contributed by atoms with Gasteiger partial charge in [0.1, 0.15) is 12.0 Å². The van der Waals surface area contributed by atoms with Crippen LogP contribution in [0.25, 0.3) is 0 Å². The Kier molecular flexibility index (Phi) is 8.77. The summed E-state index contributed by atoms with van der Waals surface area (Å²) in [4.78, 5) is 9.52. The van der Waals surface area contributed by atoms with Crippen LogP contribution in [0, 0.1) is 5.92 Å². The van der Waals surface area contributed by atoms with Crippen LogP contribution >= 0.6 is 24.0 Å². The number of piperazine rings is 1. The molecule has 0 unspecified atom stereocenters. The van der Waals surface area contributed by atoms with E-state index in [9.17, 15) is 0 Å². The van der Waals surface area contributed by atoms with Crippen molar-refractivity contribution in [3.8, 4) is 0 Å². The summed E-state index contributed by atoms with van der Waals surface area (Å²) in [5, 5.41) is 7.27. The monoisotopic (exact) mass is 421 g/mol. The van der Waals surface area contributed by atoms with Crippen LogP contribution in [0.2, 0.25) is 0 Å². The molecular formula is C15H28IN5O. The van der Waals surface area contributed by atoms with Gasteiger partial charge in [-0.25, -0.2) is 4.99 Å². The molecule has 1 aliphatic heterocycles. The van der Waals surface area contributed by atoms with Crippen LogP contribution in [0.5, 0.6) is 0 Å². The van der Waals surface area contributed by atoms with Crippen molar-refractivity contribution < 1.29 is 4.52 Å². The highest BCUT2D eigenvalue weighted by Gasteiger charge is 2.19. The molecule has 1 aromatic heterocycles. The molecule has 1 saturated heterocycles. The first-order valence-electron chi connectivity index (χ1n) is 7.84. The summed E-state index contributed by atoms with van der Waals surface area (Å²) >= 11 is 0. The zero-order valence-electron chi connectivity index (χ0n) is 13.8. The fourth-order valence-corrected chi connectivity index (χ4v) is 2.56. The lowest BCUT2D eigenvalue weighted by molar-refractivity contribution is 0.164. The fraction of sp³-hybridized carbons (Fsp3) is 0.733. The number of rotatable bonds is 5. The zero-order chi connectivity index (χ0) is 15.1. The largest absolute Gasteiger partial charge is 0.364 e. The van der Waals surface area contributed by atoms with Crippen LogP contribution in [0.1, 0.15) is 26.5 Å². The zero-order valence-corrected chi connectivity index (χ0v) is 16.1. The number of hydrogen-bond donors (Lipinski definition) is 1. The van der Waals surface area contributed by atoms with Crippen LogP contribution < -0.4 is 5.32 Å². The third kappa shape index (κ3) is 6.12. The predicted molar refractivity (Wildman–Crippen MR) is 99.6 cm³/mol. The number of hydrogen-bond acceptors (Lipinski definition) is 4. The lowest BCUT2D eigenvalue weighted by Gasteiger charge is -2.37. The van der Waals surface area contributed by atoms with Crippen LogP contribution in [-0.4, -0.2) is 60.2 Å². The maximum absolute atomic E-state index is 4.84. The molecule has 1 aliphatic rings. The van der Waals surface area contributed by atoms with Gasteiger partial charge in [0.2, 0.25) is 0 Å². The number of nitrogens with zero attached hydrogens (tertiary/aromatic N) is 4. The molecular weight excluding hydrogens is 393 g/mol. The molecule has 6 nitrogen and oxygen atoms in total. The summed E-state index contributed by atoms with van der Waals surface area (Å²) in [6, 6.07) is 1.85. The highest BCUT2D eigenvalue weighted by atomic mass is 127. The molecule has 0 spiro atoms. The second kappa shape index (κ2) is 10.0. The second-order valence-electron chi connectivity index (χ2n) is 5.84. The van der Waals surface area contributed by atoms with Crippen LogP contribution in [0.3, 0.4) is 0 Å². The van der Waals surface area contributed by atoms with Gasteiger partial charge in [-0.05, 0) is 12.8 Å². The van der Waals surface area contributed by atoms with Crippen molar-refractivity contribution in [1.82, 2.24) is 20.3 Å². The van der Waals surface area contributed by atoms with E-state index in [0.717, 1.165) is 50.3 Å². The Bertz CT molecular complexity index is 427. The molecule has 0 amide bonds. The minimum atomic E-state index is 0. The molecule has 0 radical (unpaired) electrons. The molecule has 1 aromatic rings. The first kappa shape index (κ1) is 19.2.